The van der Waals surface area contributed by atoms with Gasteiger partial charge in [0.25, 0.3) is 0 Å². The Morgan fingerprint density at radius 1 is 1.19 bits per heavy atom. The molecule has 0 bridgehead atoms. The van der Waals surface area contributed by atoms with Crippen molar-refractivity contribution in [1.82, 2.24) is 4.90 Å². The topological polar surface area (TPSA) is 24.5 Å². The molecule has 21 heavy (non-hydrogen) atoms. The summed E-state index contributed by atoms with van der Waals surface area (Å²) in [5.74, 6) is 0.930. The van der Waals surface area contributed by atoms with E-state index in [1.54, 1.807) is 0 Å². The van der Waals surface area contributed by atoms with Gasteiger partial charge in [0, 0.05) is 18.1 Å². The highest BCUT2D eigenvalue weighted by Crippen LogP contribution is 2.28. The van der Waals surface area contributed by atoms with E-state index in [2.05, 4.69) is 23.3 Å². The summed E-state index contributed by atoms with van der Waals surface area (Å²) in [6, 6.07) is 16.0. The fraction of sp³-hybridized carbons (Fsp3) is 0.294. The minimum absolute atomic E-state index is 0.146. The quantitative estimate of drug-likeness (QED) is 0.933. The number of para-hydroxylation sites is 2. The van der Waals surface area contributed by atoms with Crippen molar-refractivity contribution < 1.29 is 4.74 Å². The minimum atomic E-state index is 0.146. The molecule has 1 atom stereocenters. The van der Waals surface area contributed by atoms with Crippen molar-refractivity contribution in [3.05, 3.63) is 59.1 Å². The number of halogens is 1. The minimum Gasteiger partial charge on any atom is -0.485 e. The second-order valence-corrected chi connectivity index (χ2v) is 5.81. The summed E-state index contributed by atoms with van der Waals surface area (Å²) in [4.78, 5) is 2.24. The average Bonchev–Trinajstić information content (AvgIpc) is 2.49. The van der Waals surface area contributed by atoms with Gasteiger partial charge in [0.2, 0.25) is 0 Å². The molecule has 2 aromatic carbocycles. The lowest BCUT2D eigenvalue weighted by Crippen LogP contribution is -2.40. The van der Waals surface area contributed by atoms with Crippen LogP contribution in [-0.2, 0) is 6.54 Å². The number of anilines is 1. The zero-order valence-electron chi connectivity index (χ0n) is 12.1. The maximum atomic E-state index is 6.21. The third-order valence-corrected chi connectivity index (χ3v) is 3.98. The van der Waals surface area contributed by atoms with E-state index >= 15 is 0 Å². The van der Waals surface area contributed by atoms with E-state index in [1.165, 1.54) is 0 Å². The second kappa shape index (κ2) is 6.37. The van der Waals surface area contributed by atoms with E-state index in [4.69, 9.17) is 16.3 Å². The molecule has 2 aromatic rings. The highest BCUT2D eigenvalue weighted by Gasteiger charge is 2.20. The first-order chi connectivity index (χ1) is 10.2. The molecule has 1 N–H and O–H groups in total. The lowest BCUT2D eigenvalue weighted by molar-refractivity contribution is 0.148. The Morgan fingerprint density at radius 2 is 1.95 bits per heavy atom. The van der Waals surface area contributed by atoms with Crippen LogP contribution in [-0.4, -0.2) is 31.1 Å². The number of nitrogens with zero attached hydrogens (tertiary/aromatic N) is 1. The van der Waals surface area contributed by atoms with Gasteiger partial charge >= 0.3 is 0 Å². The third kappa shape index (κ3) is 3.49. The first-order valence-corrected chi connectivity index (χ1v) is 7.51. The van der Waals surface area contributed by atoms with Gasteiger partial charge in [-0.3, -0.25) is 4.90 Å². The van der Waals surface area contributed by atoms with Crippen LogP contribution in [0.5, 0.6) is 5.75 Å². The number of nitrogens with one attached hydrogen (secondary N) is 1. The van der Waals surface area contributed by atoms with Gasteiger partial charge in [0.1, 0.15) is 11.9 Å². The van der Waals surface area contributed by atoms with E-state index in [1.807, 2.05) is 42.5 Å². The largest absolute Gasteiger partial charge is 0.485 e. The van der Waals surface area contributed by atoms with Crippen molar-refractivity contribution in [3.63, 3.8) is 0 Å². The smallest absolute Gasteiger partial charge is 0.142 e. The number of ether oxygens (including phenoxy) is 1. The molecule has 1 aliphatic rings. The predicted octanol–water partition coefficient (Wildman–Crippen LogP) is 3.64. The molecule has 1 heterocycles. The van der Waals surface area contributed by atoms with Gasteiger partial charge in [0.05, 0.1) is 12.2 Å². The normalized spacial score (nSPS) is 17.0. The van der Waals surface area contributed by atoms with Crippen LogP contribution >= 0.6 is 11.6 Å². The summed E-state index contributed by atoms with van der Waals surface area (Å²) in [5.41, 5.74) is 2.22. The van der Waals surface area contributed by atoms with Crippen LogP contribution in [0.25, 0.3) is 0 Å². The Bertz CT molecular complexity index is 617. The highest BCUT2D eigenvalue weighted by atomic mass is 35.5. The molecule has 0 aromatic heterocycles. The maximum absolute atomic E-state index is 6.21. The molecule has 110 valence electrons. The van der Waals surface area contributed by atoms with E-state index < -0.39 is 0 Å². The first-order valence-electron chi connectivity index (χ1n) is 7.14. The van der Waals surface area contributed by atoms with E-state index in [0.29, 0.717) is 0 Å². The van der Waals surface area contributed by atoms with Gasteiger partial charge in [0.15, 0.2) is 0 Å². The number of hydrogen-bond donors (Lipinski definition) is 1. The molecule has 0 saturated carbocycles. The van der Waals surface area contributed by atoms with Crippen molar-refractivity contribution in [2.75, 3.05) is 25.5 Å². The number of hydrogen-bond acceptors (Lipinski definition) is 3. The average molecular weight is 303 g/mol. The van der Waals surface area contributed by atoms with E-state index in [0.717, 1.165) is 41.7 Å². The molecule has 0 fully saturated rings. The Kier molecular flexibility index (Phi) is 4.32. The van der Waals surface area contributed by atoms with Gasteiger partial charge in [-0.05, 0) is 30.8 Å². The molecule has 0 amide bonds. The number of likely N-dealkylation sites (N-methyl/N-ethyl adjacent to an activating group) is 1. The first kappa shape index (κ1) is 14.2. The molecule has 0 aliphatic carbocycles. The third-order valence-electron chi connectivity index (χ3n) is 3.61. The van der Waals surface area contributed by atoms with Crippen LogP contribution in [0.2, 0.25) is 5.02 Å². The van der Waals surface area contributed by atoms with Crippen LogP contribution in [0.1, 0.15) is 5.56 Å². The summed E-state index contributed by atoms with van der Waals surface area (Å²) in [7, 11) is 2.09. The monoisotopic (exact) mass is 302 g/mol. The van der Waals surface area contributed by atoms with Crippen LogP contribution in [0.4, 0.5) is 5.69 Å². The molecule has 1 unspecified atom stereocenters. The van der Waals surface area contributed by atoms with E-state index in [-0.39, 0.29) is 6.10 Å². The predicted molar refractivity (Wildman–Crippen MR) is 87.1 cm³/mol. The zero-order valence-corrected chi connectivity index (χ0v) is 12.8. The molecule has 4 heteroatoms. The Morgan fingerprint density at radius 3 is 2.81 bits per heavy atom. The van der Waals surface area contributed by atoms with Crippen LogP contribution in [0.15, 0.2) is 48.5 Å². The summed E-state index contributed by atoms with van der Waals surface area (Å²) in [5, 5.41) is 4.23. The second-order valence-electron chi connectivity index (χ2n) is 5.41. The fourth-order valence-corrected chi connectivity index (χ4v) is 2.79. The lowest BCUT2D eigenvalue weighted by atomic mass is 10.2. The molecule has 3 nitrogen and oxygen atoms in total. The standard InChI is InChI=1S/C17H19ClN2O/c1-20(11-13-6-2-3-7-15(13)18)12-14-10-19-16-8-4-5-9-17(16)21-14/h2-9,14,19H,10-12H2,1H3. The van der Waals surface area contributed by atoms with Gasteiger partial charge in [-0.2, -0.15) is 0 Å². The Balaban J connectivity index is 1.59. The summed E-state index contributed by atoms with van der Waals surface area (Å²) in [6.45, 7) is 2.50. The van der Waals surface area contributed by atoms with Crippen molar-refractivity contribution in [2.45, 2.75) is 12.6 Å². The summed E-state index contributed by atoms with van der Waals surface area (Å²) in [6.07, 6.45) is 0.146. The van der Waals surface area contributed by atoms with Gasteiger partial charge in [-0.1, -0.05) is 41.9 Å². The molecule has 0 spiro atoms. The number of fused-ring (bicyclic) bond motifs is 1. The van der Waals surface area contributed by atoms with E-state index in [9.17, 15) is 0 Å². The maximum Gasteiger partial charge on any atom is 0.142 e. The molecule has 0 saturated heterocycles. The highest BCUT2D eigenvalue weighted by molar-refractivity contribution is 6.31. The van der Waals surface area contributed by atoms with Gasteiger partial charge in [-0.15, -0.1) is 0 Å². The van der Waals surface area contributed by atoms with Crippen molar-refractivity contribution in [3.8, 4) is 5.75 Å². The molecule has 3 rings (SSSR count). The SMILES string of the molecule is CN(Cc1ccccc1Cl)CC1CNc2ccccc2O1. The Labute approximate surface area is 130 Å². The van der Waals surface area contributed by atoms with Crippen LogP contribution in [0, 0.1) is 0 Å². The zero-order chi connectivity index (χ0) is 14.7. The van der Waals surface area contributed by atoms with Crippen molar-refractivity contribution in [2.24, 2.45) is 0 Å². The van der Waals surface area contributed by atoms with Crippen molar-refractivity contribution in [1.29, 1.82) is 0 Å². The number of rotatable bonds is 4. The molecule has 1 aliphatic heterocycles. The fourth-order valence-electron chi connectivity index (χ4n) is 2.59. The van der Waals surface area contributed by atoms with Crippen molar-refractivity contribution >= 4 is 17.3 Å². The molecular weight excluding hydrogens is 284 g/mol. The van der Waals surface area contributed by atoms with Gasteiger partial charge in [-0.25, -0.2) is 0 Å². The van der Waals surface area contributed by atoms with Crippen LogP contribution in [0.3, 0.4) is 0 Å². The van der Waals surface area contributed by atoms with Gasteiger partial charge < -0.3 is 10.1 Å². The van der Waals surface area contributed by atoms with Crippen LogP contribution < -0.4 is 10.1 Å². The Hall–Kier alpha value is -1.71. The summed E-state index contributed by atoms with van der Waals surface area (Å²) < 4.78 is 6.03. The molecule has 0 radical (unpaired) electrons. The lowest BCUT2D eigenvalue weighted by Gasteiger charge is -2.30. The summed E-state index contributed by atoms with van der Waals surface area (Å²) >= 11 is 6.21. The number of benzene rings is 2. The molecular formula is C17H19ClN2O.